The number of fused-ring (bicyclic) bond motifs is 1. The van der Waals surface area contributed by atoms with Crippen LogP contribution in [0.3, 0.4) is 0 Å². The molecule has 0 fully saturated rings. The number of aromatic nitrogens is 3. The maximum Gasteiger partial charge on any atom is 0.358 e. The number of esters is 1. The number of aryl methyl sites for hydroxylation is 1. The average molecular weight is 285 g/mol. The van der Waals surface area contributed by atoms with Crippen molar-refractivity contribution in [1.29, 1.82) is 0 Å². The maximum atomic E-state index is 13.0. The lowest BCUT2D eigenvalue weighted by Crippen LogP contribution is -2.00. The fourth-order valence-corrected chi connectivity index (χ4v) is 2.10. The van der Waals surface area contributed by atoms with Crippen molar-refractivity contribution in [3.63, 3.8) is 0 Å². The minimum absolute atomic E-state index is 0.198. The lowest BCUT2D eigenvalue weighted by molar-refractivity contribution is 0.0595. The van der Waals surface area contributed by atoms with Gasteiger partial charge in [-0.3, -0.25) is 0 Å². The van der Waals surface area contributed by atoms with Crippen molar-refractivity contribution >= 4 is 11.6 Å². The Kier molecular flexibility index (Phi) is 3.13. The van der Waals surface area contributed by atoms with Crippen molar-refractivity contribution in [2.75, 3.05) is 7.11 Å². The Hall–Kier alpha value is -2.76. The third-order valence-electron chi connectivity index (χ3n) is 3.14. The van der Waals surface area contributed by atoms with Gasteiger partial charge in [-0.25, -0.2) is 18.7 Å². The second kappa shape index (κ2) is 4.97. The maximum absolute atomic E-state index is 13.0. The van der Waals surface area contributed by atoms with E-state index < -0.39 is 5.97 Å². The quantitative estimate of drug-likeness (QED) is 0.679. The number of methoxy groups -OCH3 is 1. The minimum atomic E-state index is -0.511. The Morgan fingerprint density at radius 3 is 2.67 bits per heavy atom. The standard InChI is InChI=1S/C15H12FN3O2/c1-9-7-12(10-3-5-11(16)6-4-10)18-19-8-13(15(20)21-2)17-14(9)19/h3-8H,1-2H3. The summed E-state index contributed by atoms with van der Waals surface area (Å²) in [6, 6.07) is 7.91. The van der Waals surface area contributed by atoms with Gasteiger partial charge in [0, 0.05) is 5.56 Å². The molecule has 0 saturated carbocycles. The molecule has 0 aliphatic heterocycles. The normalized spacial score (nSPS) is 10.8. The highest BCUT2D eigenvalue weighted by atomic mass is 19.1. The first-order valence-corrected chi connectivity index (χ1v) is 6.30. The highest BCUT2D eigenvalue weighted by molar-refractivity contribution is 5.88. The van der Waals surface area contributed by atoms with Crippen LogP contribution in [0.2, 0.25) is 0 Å². The molecule has 5 nitrogen and oxygen atoms in total. The van der Waals surface area contributed by atoms with Crippen LogP contribution in [0.1, 0.15) is 16.1 Å². The van der Waals surface area contributed by atoms with Gasteiger partial charge in [0.2, 0.25) is 0 Å². The second-order valence-corrected chi connectivity index (χ2v) is 4.61. The molecule has 1 aromatic carbocycles. The molecule has 0 aliphatic rings. The molecule has 0 aliphatic carbocycles. The summed E-state index contributed by atoms with van der Waals surface area (Å²) >= 11 is 0. The number of carbonyl (C=O) groups is 1. The SMILES string of the molecule is COC(=O)c1cn2nc(-c3ccc(F)cc3)cc(C)c2n1. The van der Waals surface area contributed by atoms with Gasteiger partial charge in [-0.05, 0) is 42.8 Å². The van der Waals surface area contributed by atoms with Crippen LogP contribution in [0.25, 0.3) is 16.9 Å². The van der Waals surface area contributed by atoms with Gasteiger partial charge in [-0.1, -0.05) is 0 Å². The molecule has 2 aromatic heterocycles. The van der Waals surface area contributed by atoms with Gasteiger partial charge in [0.1, 0.15) is 5.82 Å². The highest BCUT2D eigenvalue weighted by Gasteiger charge is 2.14. The van der Waals surface area contributed by atoms with Crippen LogP contribution in [-0.4, -0.2) is 27.7 Å². The summed E-state index contributed by atoms with van der Waals surface area (Å²) in [6.45, 7) is 1.87. The molecule has 0 spiro atoms. The van der Waals surface area contributed by atoms with Gasteiger partial charge in [-0.15, -0.1) is 0 Å². The number of hydrogen-bond acceptors (Lipinski definition) is 4. The average Bonchev–Trinajstić information content (AvgIpc) is 2.92. The lowest BCUT2D eigenvalue weighted by atomic mass is 10.1. The molecule has 3 rings (SSSR count). The zero-order valence-corrected chi connectivity index (χ0v) is 11.5. The molecule has 0 radical (unpaired) electrons. The Morgan fingerprint density at radius 2 is 2.00 bits per heavy atom. The summed E-state index contributed by atoms with van der Waals surface area (Å²) in [4.78, 5) is 15.7. The number of carbonyl (C=O) groups excluding carboxylic acids is 1. The highest BCUT2D eigenvalue weighted by Crippen LogP contribution is 2.20. The van der Waals surface area contributed by atoms with E-state index >= 15 is 0 Å². The number of nitrogens with zero attached hydrogens (tertiary/aromatic N) is 3. The fourth-order valence-electron chi connectivity index (χ4n) is 2.10. The van der Waals surface area contributed by atoms with Crippen LogP contribution in [0.4, 0.5) is 4.39 Å². The van der Waals surface area contributed by atoms with Crippen LogP contribution in [-0.2, 0) is 4.74 Å². The Bertz CT molecular complexity index is 825. The lowest BCUT2D eigenvalue weighted by Gasteiger charge is -2.04. The molecule has 21 heavy (non-hydrogen) atoms. The molecule has 0 unspecified atom stereocenters. The molecule has 106 valence electrons. The Morgan fingerprint density at radius 1 is 1.29 bits per heavy atom. The molecule has 0 bridgehead atoms. The van der Waals surface area contributed by atoms with Gasteiger partial charge < -0.3 is 4.74 Å². The third-order valence-corrected chi connectivity index (χ3v) is 3.14. The number of ether oxygens (including phenoxy) is 1. The topological polar surface area (TPSA) is 56.5 Å². The summed E-state index contributed by atoms with van der Waals surface area (Å²) in [5.41, 5.74) is 3.11. The zero-order valence-electron chi connectivity index (χ0n) is 11.5. The fraction of sp³-hybridized carbons (Fsp3) is 0.133. The van der Waals surface area contributed by atoms with Crippen molar-refractivity contribution < 1.29 is 13.9 Å². The van der Waals surface area contributed by atoms with Crippen LogP contribution in [0.15, 0.2) is 36.5 Å². The first-order chi connectivity index (χ1) is 10.1. The molecular formula is C15H12FN3O2. The number of halogens is 1. The van der Waals surface area contributed by atoms with Gasteiger partial charge in [0.05, 0.1) is 19.0 Å². The van der Waals surface area contributed by atoms with E-state index in [-0.39, 0.29) is 11.5 Å². The van der Waals surface area contributed by atoms with Crippen molar-refractivity contribution in [3.8, 4) is 11.3 Å². The Labute approximate surface area is 120 Å². The van der Waals surface area contributed by atoms with Crippen molar-refractivity contribution in [1.82, 2.24) is 14.6 Å². The van der Waals surface area contributed by atoms with Crippen LogP contribution in [0.5, 0.6) is 0 Å². The van der Waals surface area contributed by atoms with E-state index in [1.54, 1.807) is 12.1 Å². The molecule has 3 aromatic rings. The molecule has 0 N–H and O–H groups in total. The van der Waals surface area contributed by atoms with Crippen LogP contribution >= 0.6 is 0 Å². The molecule has 0 saturated heterocycles. The van der Waals surface area contributed by atoms with Crippen molar-refractivity contribution in [3.05, 3.63) is 53.6 Å². The van der Waals surface area contributed by atoms with Crippen LogP contribution < -0.4 is 0 Å². The van der Waals surface area contributed by atoms with E-state index in [1.807, 2.05) is 13.0 Å². The van der Waals surface area contributed by atoms with E-state index in [9.17, 15) is 9.18 Å². The number of hydrogen-bond donors (Lipinski definition) is 0. The monoisotopic (exact) mass is 285 g/mol. The molecule has 0 atom stereocenters. The van der Waals surface area contributed by atoms with Gasteiger partial charge in [-0.2, -0.15) is 5.10 Å². The zero-order chi connectivity index (χ0) is 15.0. The first kappa shape index (κ1) is 13.2. The molecule has 6 heteroatoms. The van der Waals surface area contributed by atoms with E-state index in [0.29, 0.717) is 11.3 Å². The first-order valence-electron chi connectivity index (χ1n) is 6.30. The molecule has 0 amide bonds. The van der Waals surface area contributed by atoms with E-state index in [4.69, 9.17) is 0 Å². The summed E-state index contributed by atoms with van der Waals surface area (Å²) in [6.07, 6.45) is 1.52. The van der Waals surface area contributed by atoms with Crippen molar-refractivity contribution in [2.24, 2.45) is 0 Å². The summed E-state index contributed by atoms with van der Waals surface area (Å²) in [5, 5.41) is 4.40. The Balaban J connectivity index is 2.14. The largest absolute Gasteiger partial charge is 0.464 e. The predicted molar refractivity (Wildman–Crippen MR) is 74.5 cm³/mol. The number of imidazole rings is 1. The van der Waals surface area contributed by atoms with Gasteiger partial charge >= 0.3 is 5.97 Å². The van der Waals surface area contributed by atoms with Gasteiger partial charge in [0.15, 0.2) is 11.3 Å². The second-order valence-electron chi connectivity index (χ2n) is 4.61. The number of benzene rings is 1. The molecular weight excluding hydrogens is 273 g/mol. The summed E-state index contributed by atoms with van der Waals surface area (Å²) < 4.78 is 19.2. The van der Waals surface area contributed by atoms with E-state index in [0.717, 1.165) is 11.1 Å². The number of rotatable bonds is 2. The molecule has 2 heterocycles. The van der Waals surface area contributed by atoms with Gasteiger partial charge in [0.25, 0.3) is 0 Å². The van der Waals surface area contributed by atoms with Crippen LogP contribution in [0, 0.1) is 12.7 Å². The summed E-state index contributed by atoms with van der Waals surface area (Å²) in [7, 11) is 1.30. The van der Waals surface area contributed by atoms with Crippen molar-refractivity contribution in [2.45, 2.75) is 6.92 Å². The predicted octanol–water partition coefficient (Wildman–Crippen LogP) is 2.63. The van der Waals surface area contributed by atoms with E-state index in [1.165, 1.54) is 30.0 Å². The minimum Gasteiger partial charge on any atom is -0.464 e. The summed E-state index contributed by atoms with van der Waals surface area (Å²) in [5.74, 6) is -0.810. The smallest absolute Gasteiger partial charge is 0.358 e. The van der Waals surface area contributed by atoms with E-state index in [2.05, 4.69) is 14.8 Å². The third kappa shape index (κ3) is 2.35.